The summed E-state index contributed by atoms with van der Waals surface area (Å²) in [6, 6.07) is -0.567. The van der Waals surface area contributed by atoms with Crippen molar-refractivity contribution in [1.82, 2.24) is 10.2 Å². The molecule has 108 valence electrons. The summed E-state index contributed by atoms with van der Waals surface area (Å²) in [5, 5.41) is 2.94. The van der Waals surface area contributed by atoms with Gasteiger partial charge in [0.2, 0.25) is 5.91 Å². The van der Waals surface area contributed by atoms with Crippen LogP contribution in [-0.2, 0) is 4.79 Å². The number of nitrogens with two attached hydrogens (primary N) is 1. The first kappa shape index (κ1) is 16.4. The van der Waals surface area contributed by atoms with Crippen molar-refractivity contribution in [1.29, 1.82) is 0 Å². The molecule has 6 heteroatoms. The van der Waals surface area contributed by atoms with Gasteiger partial charge in [0, 0.05) is 6.54 Å². The minimum absolute atomic E-state index is 0.101. The molecule has 19 heavy (non-hydrogen) atoms. The van der Waals surface area contributed by atoms with Crippen LogP contribution >= 0.6 is 12.2 Å². The van der Waals surface area contributed by atoms with Gasteiger partial charge in [-0.2, -0.15) is 0 Å². The van der Waals surface area contributed by atoms with Gasteiger partial charge in [0.15, 0.2) is 0 Å². The largest absolute Gasteiger partial charge is 0.370 e. The summed E-state index contributed by atoms with van der Waals surface area (Å²) in [7, 11) is 2.18. The Morgan fingerprint density at radius 3 is 2.63 bits per heavy atom. The molecule has 0 aromatic carbocycles. The van der Waals surface area contributed by atoms with Crippen LogP contribution in [0.1, 0.15) is 40.0 Å². The molecular weight excluding hydrogens is 257 g/mol. The quantitative estimate of drug-likeness (QED) is 0.561. The van der Waals surface area contributed by atoms with Crippen molar-refractivity contribution in [3.8, 4) is 0 Å². The average molecular weight is 283 g/mol. The van der Waals surface area contributed by atoms with E-state index in [1.165, 1.54) is 12.8 Å². The molecule has 0 saturated carbocycles. The van der Waals surface area contributed by atoms with Gasteiger partial charge in [-0.25, -0.2) is 0 Å². The third-order valence-corrected chi connectivity index (χ3v) is 4.22. The summed E-state index contributed by atoms with van der Waals surface area (Å²) < 4.78 is 0. The highest BCUT2D eigenvalue weighted by atomic mass is 32.1. The monoisotopic (exact) mass is 283 g/mol. The van der Waals surface area contributed by atoms with Crippen LogP contribution in [0.3, 0.4) is 0 Å². The number of hydrogen-bond acceptors (Lipinski definition) is 3. The number of nitrogens with one attached hydrogen (secondary N) is 1. The van der Waals surface area contributed by atoms with Crippen molar-refractivity contribution in [2.24, 2.45) is 11.7 Å². The minimum Gasteiger partial charge on any atom is -0.370 e. The normalized spacial score (nSPS) is 22.4. The third kappa shape index (κ3) is 4.77. The molecule has 1 aliphatic rings. The predicted molar refractivity (Wildman–Crippen MR) is 85.9 cm³/mol. The zero-order chi connectivity index (χ0) is 14.6. The smallest absolute Gasteiger partial charge is 0.237 e. The minimum atomic E-state index is -0.443. The Morgan fingerprint density at radius 2 is 2.16 bits per heavy atom. The van der Waals surface area contributed by atoms with Crippen molar-refractivity contribution in [2.45, 2.75) is 58.1 Å². The first-order valence-corrected chi connectivity index (χ1v) is 7.60. The fourth-order valence-electron chi connectivity index (χ4n) is 2.51. The maximum Gasteiger partial charge on any atom is 0.237 e. The lowest BCUT2D eigenvalue weighted by molar-refractivity contribution is -0.122. The van der Waals surface area contributed by atoms with Gasteiger partial charge in [-0.3, -0.25) is 4.79 Å². The van der Waals surface area contributed by atoms with Crippen LogP contribution in [0.2, 0.25) is 0 Å². The molecule has 4 nitrogen and oxygen atoms in total. The highest BCUT2D eigenvalue weighted by Gasteiger charge is 2.27. The van der Waals surface area contributed by atoms with E-state index < -0.39 is 6.04 Å². The maximum atomic E-state index is 12.0. The fraction of sp³-hybridized carbons (Fsp3) is 0.846. The van der Waals surface area contributed by atoms with E-state index in [0.717, 1.165) is 11.5 Å². The number of carbonyl (C=O) groups is 1. The molecule has 1 amide bonds. The molecule has 1 fully saturated rings. The van der Waals surface area contributed by atoms with Gasteiger partial charge in [-0.05, 0) is 38.0 Å². The summed E-state index contributed by atoms with van der Waals surface area (Å²) in [5.41, 5.74) is 5.88. The number of nitrogens with zero attached hydrogens (tertiary/aromatic N) is 1. The lowest BCUT2D eigenvalue weighted by Crippen LogP contribution is -2.51. The zero-order valence-corrected chi connectivity index (χ0v) is 13.3. The van der Waals surface area contributed by atoms with E-state index in [-0.39, 0.29) is 11.9 Å². The van der Waals surface area contributed by atoms with E-state index in [0.29, 0.717) is 18.3 Å². The Kier molecular flexibility index (Phi) is 6.27. The topological polar surface area (TPSA) is 58.4 Å². The van der Waals surface area contributed by atoms with Gasteiger partial charge >= 0.3 is 0 Å². The van der Waals surface area contributed by atoms with Crippen molar-refractivity contribution >= 4 is 31.0 Å². The summed E-state index contributed by atoms with van der Waals surface area (Å²) >= 11 is 5.48. The molecule has 2 unspecified atom stereocenters. The summed E-state index contributed by atoms with van der Waals surface area (Å²) in [5.74, 6) is 0.799. The molecule has 0 radical (unpaired) electrons. The van der Waals surface area contributed by atoms with Gasteiger partial charge < -0.3 is 16.0 Å². The first-order valence-electron chi connectivity index (χ1n) is 7.19. The Hall–Kier alpha value is -0.615. The van der Waals surface area contributed by atoms with Crippen molar-refractivity contribution in [3.05, 3.63) is 0 Å². The molecule has 3 atom stereocenters. The molecule has 1 aliphatic heterocycles. The second-order valence-corrected chi connectivity index (χ2v) is 6.41. The second kappa shape index (κ2) is 7.24. The van der Waals surface area contributed by atoms with Crippen LogP contribution in [0.5, 0.6) is 0 Å². The Balaban J connectivity index is 2.47. The molecule has 1 rings (SSSR count). The van der Waals surface area contributed by atoms with Gasteiger partial charge in [-0.15, -0.1) is 0 Å². The van der Waals surface area contributed by atoms with Crippen LogP contribution in [0, 0.1) is 5.92 Å². The van der Waals surface area contributed by atoms with Crippen molar-refractivity contribution < 1.29 is 4.79 Å². The molecule has 3 N–H and O–H groups in total. The lowest BCUT2D eigenvalue weighted by Gasteiger charge is -2.29. The standard InChI is InChI=1S/C13H26BN3OS/c1-8(2)7-10(15)12(18)16-9(3)13(19)17-6-4-5-11(17)14/h8-11H,4-7,14-15H2,1-3H3,(H,16,18)/t9?,10?,11-/m0/s1. The van der Waals surface area contributed by atoms with Crippen LogP contribution in [-0.4, -0.2) is 48.2 Å². The third-order valence-electron chi connectivity index (χ3n) is 3.63. The highest BCUT2D eigenvalue weighted by Crippen LogP contribution is 2.16. The molecule has 0 spiro atoms. The molecule has 0 aliphatic carbocycles. The van der Waals surface area contributed by atoms with Crippen LogP contribution in [0.4, 0.5) is 0 Å². The molecule has 0 aromatic heterocycles. The molecule has 0 bridgehead atoms. The van der Waals surface area contributed by atoms with Gasteiger partial charge in [-0.1, -0.05) is 26.1 Å². The zero-order valence-electron chi connectivity index (χ0n) is 12.5. The van der Waals surface area contributed by atoms with Crippen LogP contribution < -0.4 is 11.1 Å². The number of rotatable bonds is 5. The molecule has 1 saturated heterocycles. The summed E-state index contributed by atoms with van der Waals surface area (Å²) in [4.78, 5) is 15.0. The maximum absolute atomic E-state index is 12.0. The fourth-order valence-corrected chi connectivity index (χ4v) is 2.84. The summed E-state index contributed by atoms with van der Waals surface area (Å²) in [6.45, 7) is 7.06. The Labute approximate surface area is 122 Å². The Bertz CT molecular complexity index is 338. The van der Waals surface area contributed by atoms with Gasteiger partial charge in [0.1, 0.15) is 7.85 Å². The van der Waals surface area contributed by atoms with E-state index in [4.69, 9.17) is 18.0 Å². The van der Waals surface area contributed by atoms with Crippen molar-refractivity contribution in [3.63, 3.8) is 0 Å². The number of thiocarbonyl (C=S) groups is 1. The van der Waals surface area contributed by atoms with Crippen LogP contribution in [0.15, 0.2) is 0 Å². The lowest BCUT2D eigenvalue weighted by atomic mass is 9.94. The van der Waals surface area contributed by atoms with E-state index in [1.807, 2.05) is 6.92 Å². The summed E-state index contributed by atoms with van der Waals surface area (Å²) in [6.07, 6.45) is 3.05. The molecular formula is C13H26BN3OS. The van der Waals surface area contributed by atoms with E-state index in [1.54, 1.807) is 0 Å². The van der Waals surface area contributed by atoms with Gasteiger partial charge in [0.25, 0.3) is 0 Å². The molecule has 0 aromatic rings. The number of amides is 1. The average Bonchev–Trinajstić information content (AvgIpc) is 2.73. The van der Waals surface area contributed by atoms with E-state index >= 15 is 0 Å². The van der Waals surface area contributed by atoms with E-state index in [9.17, 15) is 4.79 Å². The predicted octanol–water partition coefficient (Wildman–Crippen LogP) is 0.247. The number of hydrogen-bond donors (Lipinski definition) is 2. The number of likely N-dealkylation sites (tertiary alicyclic amines) is 1. The van der Waals surface area contributed by atoms with Crippen LogP contribution in [0.25, 0.3) is 0 Å². The first-order chi connectivity index (χ1) is 8.82. The Morgan fingerprint density at radius 1 is 1.53 bits per heavy atom. The number of carbonyl (C=O) groups excluding carboxylic acids is 1. The SMILES string of the molecule is B[C@@H]1CCCN1C(=S)C(C)NC(=O)C(N)CC(C)C. The van der Waals surface area contributed by atoms with Gasteiger partial charge in [0.05, 0.1) is 17.1 Å². The van der Waals surface area contributed by atoms with E-state index in [2.05, 4.69) is 31.9 Å². The molecule has 1 heterocycles. The second-order valence-electron chi connectivity index (χ2n) is 5.99. The van der Waals surface area contributed by atoms with Crippen molar-refractivity contribution in [2.75, 3.05) is 6.54 Å². The highest BCUT2D eigenvalue weighted by molar-refractivity contribution is 7.80.